The molecule has 1 unspecified atom stereocenters. The molecule has 0 amide bonds. The van der Waals surface area contributed by atoms with Crippen LogP contribution in [0.2, 0.25) is 0 Å². The average molecular weight is 381 g/mol. The van der Waals surface area contributed by atoms with E-state index in [0.29, 0.717) is 0 Å². The van der Waals surface area contributed by atoms with Crippen LogP contribution in [-0.2, 0) is 0 Å². The summed E-state index contributed by atoms with van der Waals surface area (Å²) < 4.78 is 0. The van der Waals surface area contributed by atoms with Crippen LogP contribution in [0.15, 0.2) is 97.1 Å². The number of anilines is 1. The van der Waals surface area contributed by atoms with Crippen molar-refractivity contribution < 1.29 is 0 Å². The summed E-state index contributed by atoms with van der Waals surface area (Å²) in [4.78, 5) is 2.17. The number of nitrogens with zero attached hydrogens (tertiary/aromatic N) is 1. The molecule has 0 aliphatic carbocycles. The fourth-order valence-electron chi connectivity index (χ4n) is 3.72. The van der Waals surface area contributed by atoms with Gasteiger partial charge in [-0.1, -0.05) is 91.0 Å². The molecule has 0 bridgehead atoms. The molecule has 2 heteroatoms. The highest BCUT2D eigenvalue weighted by molar-refractivity contribution is 7.28. The van der Waals surface area contributed by atoms with Gasteiger partial charge in [0, 0.05) is 25.3 Å². The topological polar surface area (TPSA) is 3.24 Å². The highest BCUT2D eigenvalue weighted by Gasteiger charge is 2.16. The second kappa shape index (κ2) is 8.00. The fourth-order valence-corrected chi connectivity index (χ4v) is 4.29. The Labute approximate surface area is 169 Å². The number of hydrogen-bond acceptors (Lipinski definition) is 1. The monoisotopic (exact) mass is 381 g/mol. The maximum atomic E-state index is 3.01. The van der Waals surface area contributed by atoms with Gasteiger partial charge in [-0.25, -0.2) is 0 Å². The Morgan fingerprint density at radius 1 is 0.536 bits per heavy atom. The standard InChI is InChI=1S/C26H24NP/c1-27(2)24-16-10-9-15-22(24)23-18-17-21(19-11-5-3-6-12-19)25(26(23)28)20-13-7-4-8-14-20/h3-18H,28H2,1-2H3. The van der Waals surface area contributed by atoms with E-state index >= 15 is 0 Å². The van der Waals surface area contributed by atoms with Crippen molar-refractivity contribution in [3.8, 4) is 33.4 Å². The summed E-state index contributed by atoms with van der Waals surface area (Å²) in [6.45, 7) is 0. The summed E-state index contributed by atoms with van der Waals surface area (Å²) in [6, 6.07) is 34.4. The van der Waals surface area contributed by atoms with Crippen LogP contribution in [0.4, 0.5) is 5.69 Å². The summed E-state index contributed by atoms with van der Waals surface area (Å²) in [5, 5.41) is 1.22. The van der Waals surface area contributed by atoms with Crippen LogP contribution in [0, 0.1) is 0 Å². The highest BCUT2D eigenvalue weighted by atomic mass is 31.0. The normalized spacial score (nSPS) is 10.7. The van der Waals surface area contributed by atoms with Crippen molar-refractivity contribution in [1.29, 1.82) is 0 Å². The van der Waals surface area contributed by atoms with Gasteiger partial charge in [-0.15, -0.1) is 9.24 Å². The third kappa shape index (κ3) is 3.46. The summed E-state index contributed by atoms with van der Waals surface area (Å²) in [5.41, 5.74) is 8.69. The van der Waals surface area contributed by atoms with Crippen LogP contribution >= 0.6 is 9.24 Å². The lowest BCUT2D eigenvalue weighted by Crippen LogP contribution is -2.12. The van der Waals surface area contributed by atoms with E-state index in [0.717, 1.165) is 0 Å². The second-order valence-electron chi connectivity index (χ2n) is 7.09. The van der Waals surface area contributed by atoms with Crippen molar-refractivity contribution in [3.05, 3.63) is 97.1 Å². The smallest absolute Gasteiger partial charge is 0.0440 e. The minimum atomic E-state index is 1.22. The van der Waals surface area contributed by atoms with Crippen LogP contribution in [0.3, 0.4) is 0 Å². The quantitative estimate of drug-likeness (QED) is 0.378. The molecule has 138 valence electrons. The molecule has 0 radical (unpaired) electrons. The molecule has 0 saturated heterocycles. The van der Waals surface area contributed by atoms with Crippen molar-refractivity contribution in [3.63, 3.8) is 0 Å². The molecule has 1 atom stereocenters. The van der Waals surface area contributed by atoms with Gasteiger partial charge in [0.25, 0.3) is 0 Å². The van der Waals surface area contributed by atoms with Crippen molar-refractivity contribution >= 4 is 20.2 Å². The number of hydrogen-bond donors (Lipinski definition) is 0. The third-order valence-corrected chi connectivity index (χ3v) is 5.67. The zero-order valence-electron chi connectivity index (χ0n) is 16.3. The second-order valence-corrected chi connectivity index (χ2v) is 7.67. The molecule has 4 rings (SSSR count). The molecule has 4 aromatic carbocycles. The molecular formula is C26H24NP. The van der Waals surface area contributed by atoms with E-state index in [-0.39, 0.29) is 0 Å². The highest BCUT2D eigenvalue weighted by Crippen LogP contribution is 2.37. The number of benzene rings is 4. The molecule has 0 heterocycles. The van der Waals surface area contributed by atoms with Gasteiger partial charge in [-0.3, -0.25) is 0 Å². The average Bonchev–Trinajstić information content (AvgIpc) is 2.74. The van der Waals surface area contributed by atoms with Gasteiger partial charge in [0.15, 0.2) is 0 Å². The predicted octanol–water partition coefficient (Wildman–Crippen LogP) is 6.25. The number of para-hydroxylation sites is 1. The van der Waals surface area contributed by atoms with Crippen LogP contribution in [0.5, 0.6) is 0 Å². The maximum absolute atomic E-state index is 3.01. The first-order chi connectivity index (χ1) is 13.7. The Bertz CT molecular complexity index is 1090. The van der Waals surface area contributed by atoms with Gasteiger partial charge < -0.3 is 4.90 Å². The van der Waals surface area contributed by atoms with Gasteiger partial charge in [0.1, 0.15) is 0 Å². The van der Waals surface area contributed by atoms with Crippen LogP contribution < -0.4 is 10.2 Å². The van der Waals surface area contributed by atoms with E-state index in [2.05, 4.69) is 125 Å². The largest absolute Gasteiger partial charge is 0.377 e. The summed E-state index contributed by atoms with van der Waals surface area (Å²) in [6.07, 6.45) is 0. The van der Waals surface area contributed by atoms with Gasteiger partial charge >= 0.3 is 0 Å². The molecule has 1 nitrogen and oxygen atoms in total. The lowest BCUT2D eigenvalue weighted by atomic mass is 9.90. The van der Waals surface area contributed by atoms with Crippen molar-refractivity contribution in [2.24, 2.45) is 0 Å². The number of rotatable bonds is 4. The molecule has 0 aliphatic heterocycles. The molecule has 0 aliphatic rings. The van der Waals surface area contributed by atoms with Crippen LogP contribution in [-0.4, -0.2) is 14.1 Å². The third-order valence-electron chi connectivity index (χ3n) is 5.07. The Kier molecular flexibility index (Phi) is 5.28. The van der Waals surface area contributed by atoms with E-state index in [1.807, 2.05) is 0 Å². The van der Waals surface area contributed by atoms with Gasteiger partial charge in [0.05, 0.1) is 0 Å². The molecule has 0 spiro atoms. The molecule has 0 aromatic heterocycles. The fraction of sp³-hybridized carbons (Fsp3) is 0.0769. The van der Waals surface area contributed by atoms with E-state index in [1.165, 1.54) is 44.4 Å². The first-order valence-corrected chi connectivity index (χ1v) is 10.0. The Morgan fingerprint density at radius 3 is 1.71 bits per heavy atom. The maximum Gasteiger partial charge on any atom is 0.0440 e. The van der Waals surface area contributed by atoms with Crippen molar-refractivity contribution in [2.75, 3.05) is 19.0 Å². The van der Waals surface area contributed by atoms with E-state index in [9.17, 15) is 0 Å². The van der Waals surface area contributed by atoms with Gasteiger partial charge in [0.2, 0.25) is 0 Å². The Hall–Kier alpha value is -2.89. The lowest BCUT2D eigenvalue weighted by molar-refractivity contribution is 1.13. The minimum Gasteiger partial charge on any atom is -0.377 e. The van der Waals surface area contributed by atoms with Gasteiger partial charge in [-0.05, 0) is 39.2 Å². The van der Waals surface area contributed by atoms with Crippen molar-refractivity contribution in [1.82, 2.24) is 0 Å². The molecule has 28 heavy (non-hydrogen) atoms. The first-order valence-electron chi connectivity index (χ1n) is 9.47. The molecule has 0 N–H and O–H groups in total. The predicted molar refractivity (Wildman–Crippen MR) is 126 cm³/mol. The van der Waals surface area contributed by atoms with Crippen molar-refractivity contribution in [2.45, 2.75) is 0 Å². The Morgan fingerprint density at radius 2 is 1.07 bits per heavy atom. The van der Waals surface area contributed by atoms with E-state index in [4.69, 9.17) is 0 Å². The minimum absolute atomic E-state index is 1.22. The summed E-state index contributed by atoms with van der Waals surface area (Å²) >= 11 is 0. The van der Waals surface area contributed by atoms with Gasteiger partial charge in [-0.2, -0.15) is 0 Å². The van der Waals surface area contributed by atoms with Crippen LogP contribution in [0.1, 0.15) is 0 Å². The van der Waals surface area contributed by atoms with E-state index in [1.54, 1.807) is 0 Å². The molecular weight excluding hydrogens is 357 g/mol. The van der Waals surface area contributed by atoms with E-state index < -0.39 is 0 Å². The Balaban J connectivity index is 2.00. The molecule has 4 aromatic rings. The molecule has 0 saturated carbocycles. The SMILES string of the molecule is CN(C)c1ccccc1-c1ccc(-c2ccccc2)c(-c2ccccc2)c1P. The lowest BCUT2D eigenvalue weighted by Gasteiger charge is -2.21. The zero-order chi connectivity index (χ0) is 19.5. The summed E-state index contributed by atoms with van der Waals surface area (Å²) in [5.74, 6) is 0. The summed E-state index contributed by atoms with van der Waals surface area (Å²) in [7, 11) is 7.20. The molecule has 0 fully saturated rings. The first kappa shape index (κ1) is 18.5. The zero-order valence-corrected chi connectivity index (χ0v) is 17.4. The van der Waals surface area contributed by atoms with Crippen LogP contribution in [0.25, 0.3) is 33.4 Å².